The second kappa shape index (κ2) is 8.90. The second-order valence-corrected chi connectivity index (χ2v) is 13.7. The van der Waals surface area contributed by atoms with Crippen LogP contribution in [0.5, 0.6) is 0 Å². The van der Waals surface area contributed by atoms with Crippen LogP contribution in [0.2, 0.25) is 5.04 Å². The first-order chi connectivity index (χ1) is 14.1. The predicted octanol–water partition coefficient (Wildman–Crippen LogP) is 2.44. The molecule has 0 bridgehead atoms. The van der Waals surface area contributed by atoms with Gasteiger partial charge in [0.1, 0.15) is 18.3 Å². The number of hydrogen-bond acceptors (Lipinski definition) is 5. The summed E-state index contributed by atoms with van der Waals surface area (Å²) in [5.41, 5.74) is 0. The van der Waals surface area contributed by atoms with Crippen molar-refractivity contribution in [2.75, 3.05) is 13.2 Å². The van der Waals surface area contributed by atoms with Gasteiger partial charge in [-0.3, -0.25) is 0 Å². The zero-order chi connectivity index (χ0) is 22.0. The molecule has 0 amide bonds. The van der Waals surface area contributed by atoms with Crippen LogP contribution in [0.15, 0.2) is 60.7 Å². The van der Waals surface area contributed by atoms with Crippen LogP contribution in [-0.2, 0) is 13.9 Å². The molecule has 2 N–H and O–H groups in total. The molecule has 1 aliphatic heterocycles. The van der Waals surface area contributed by atoms with Gasteiger partial charge in [-0.25, -0.2) is 0 Å². The number of benzene rings is 2. The Balaban J connectivity index is 1.96. The molecule has 2 aromatic carbocycles. The molecule has 0 aromatic heterocycles. The van der Waals surface area contributed by atoms with Gasteiger partial charge in [0.2, 0.25) is 0 Å². The van der Waals surface area contributed by atoms with Crippen molar-refractivity contribution in [2.45, 2.75) is 63.8 Å². The second-order valence-electron chi connectivity index (χ2n) is 9.36. The molecule has 1 aliphatic rings. The molecule has 1 fully saturated rings. The summed E-state index contributed by atoms with van der Waals surface area (Å²) in [4.78, 5) is 0. The van der Waals surface area contributed by atoms with E-state index in [1.165, 1.54) is 0 Å². The number of hydrogen-bond donors (Lipinski definition) is 2. The summed E-state index contributed by atoms with van der Waals surface area (Å²) in [6, 6.07) is 20.6. The summed E-state index contributed by atoms with van der Waals surface area (Å²) in [6.07, 6.45) is -2.16. The van der Waals surface area contributed by atoms with Crippen LogP contribution in [0, 0.1) is 0 Å². The van der Waals surface area contributed by atoms with Crippen LogP contribution < -0.4 is 10.4 Å². The van der Waals surface area contributed by atoms with E-state index in [0.717, 1.165) is 10.4 Å². The Kier molecular flexibility index (Phi) is 6.86. The van der Waals surface area contributed by atoms with Crippen molar-refractivity contribution in [3.05, 3.63) is 60.7 Å². The minimum Gasteiger partial charge on any atom is -0.405 e. The van der Waals surface area contributed by atoms with Gasteiger partial charge in [0.25, 0.3) is 8.32 Å². The van der Waals surface area contributed by atoms with Crippen molar-refractivity contribution in [1.82, 2.24) is 0 Å². The van der Waals surface area contributed by atoms with E-state index in [-0.39, 0.29) is 18.3 Å². The van der Waals surface area contributed by atoms with Gasteiger partial charge in [-0.1, -0.05) is 81.4 Å². The third-order valence-electron chi connectivity index (χ3n) is 5.67. The smallest absolute Gasteiger partial charge is 0.261 e. The average Bonchev–Trinajstić information content (AvgIpc) is 3.04. The van der Waals surface area contributed by atoms with Gasteiger partial charge < -0.3 is 24.1 Å². The monoisotopic (exact) mass is 430 g/mol. The third kappa shape index (κ3) is 4.54. The molecule has 0 aliphatic carbocycles. The summed E-state index contributed by atoms with van der Waals surface area (Å²) >= 11 is 0. The number of aliphatic hydroxyl groups is 2. The molecule has 2 aromatic rings. The lowest BCUT2D eigenvalue weighted by Crippen LogP contribution is -2.67. The van der Waals surface area contributed by atoms with Crippen molar-refractivity contribution in [3.63, 3.8) is 0 Å². The van der Waals surface area contributed by atoms with E-state index in [0.29, 0.717) is 0 Å². The first kappa shape index (κ1) is 23.1. The Morgan fingerprint density at radius 3 is 1.90 bits per heavy atom. The molecule has 3 rings (SSSR count). The van der Waals surface area contributed by atoms with E-state index in [1.54, 1.807) is 13.8 Å². The van der Waals surface area contributed by atoms with Crippen LogP contribution in [0.4, 0.5) is 0 Å². The first-order valence-electron chi connectivity index (χ1n) is 10.5. The molecule has 0 saturated carbocycles. The van der Waals surface area contributed by atoms with Gasteiger partial charge >= 0.3 is 0 Å². The summed E-state index contributed by atoms with van der Waals surface area (Å²) in [6.45, 7) is 10.0. The van der Waals surface area contributed by atoms with Crippen molar-refractivity contribution in [3.8, 4) is 0 Å². The zero-order valence-electron chi connectivity index (χ0n) is 18.5. The van der Waals surface area contributed by atoms with Gasteiger partial charge in [0.05, 0.1) is 13.2 Å². The topological polar surface area (TPSA) is 68.2 Å². The van der Waals surface area contributed by atoms with Crippen LogP contribution in [0.3, 0.4) is 0 Å². The highest BCUT2D eigenvalue weighted by Gasteiger charge is 2.51. The highest BCUT2D eigenvalue weighted by atomic mass is 28.4. The molecule has 6 heteroatoms. The molecule has 0 radical (unpaired) electrons. The van der Waals surface area contributed by atoms with Gasteiger partial charge in [0, 0.05) is 0 Å². The Bertz CT molecular complexity index is 764. The van der Waals surface area contributed by atoms with Crippen molar-refractivity contribution >= 4 is 18.7 Å². The zero-order valence-corrected chi connectivity index (χ0v) is 19.5. The predicted molar refractivity (Wildman–Crippen MR) is 120 cm³/mol. The normalized spacial score (nSPS) is 22.8. The van der Waals surface area contributed by atoms with E-state index in [4.69, 9.17) is 13.9 Å². The van der Waals surface area contributed by atoms with E-state index in [1.807, 2.05) is 36.4 Å². The number of aliphatic hydroxyl groups excluding tert-OH is 2. The molecule has 1 heterocycles. The highest BCUT2D eigenvalue weighted by molar-refractivity contribution is 6.99. The van der Waals surface area contributed by atoms with E-state index >= 15 is 0 Å². The van der Waals surface area contributed by atoms with Crippen LogP contribution in [0.25, 0.3) is 0 Å². The quantitative estimate of drug-likeness (QED) is 0.661. The average molecular weight is 431 g/mol. The Morgan fingerprint density at radius 2 is 1.47 bits per heavy atom. The van der Waals surface area contributed by atoms with Crippen LogP contribution >= 0.6 is 0 Å². The molecule has 1 saturated heterocycles. The molecule has 30 heavy (non-hydrogen) atoms. The summed E-state index contributed by atoms with van der Waals surface area (Å²) < 4.78 is 18.4. The van der Waals surface area contributed by atoms with Gasteiger partial charge in [-0.05, 0) is 29.3 Å². The standard InChI is InChI=1S/C24H34O5Si/c1-23(2,3)30(18-12-8-6-9-13-18,19-14-10-7-11-15-19)27-17-20(26)22-21(16-25)28-24(4,5)29-22/h6-15,20-22,25-26H,16-17H2,1-5H3/t20-,21?,22-/m1/s1. The maximum Gasteiger partial charge on any atom is 0.261 e. The Labute approximate surface area is 180 Å². The lowest BCUT2D eigenvalue weighted by molar-refractivity contribution is -0.158. The lowest BCUT2D eigenvalue weighted by atomic mass is 10.1. The van der Waals surface area contributed by atoms with Crippen molar-refractivity contribution in [1.29, 1.82) is 0 Å². The van der Waals surface area contributed by atoms with E-state index < -0.39 is 32.4 Å². The Hall–Kier alpha value is -1.54. The van der Waals surface area contributed by atoms with Crippen molar-refractivity contribution < 1.29 is 24.1 Å². The fraction of sp³-hybridized carbons (Fsp3) is 0.500. The molecule has 5 nitrogen and oxygen atoms in total. The lowest BCUT2D eigenvalue weighted by Gasteiger charge is -2.43. The minimum atomic E-state index is -2.75. The largest absolute Gasteiger partial charge is 0.405 e. The van der Waals surface area contributed by atoms with Crippen molar-refractivity contribution in [2.24, 2.45) is 0 Å². The first-order valence-corrected chi connectivity index (χ1v) is 12.4. The van der Waals surface area contributed by atoms with E-state index in [2.05, 4.69) is 45.0 Å². The van der Waals surface area contributed by atoms with Gasteiger partial charge in [-0.2, -0.15) is 0 Å². The van der Waals surface area contributed by atoms with Gasteiger partial charge in [0.15, 0.2) is 5.79 Å². The molecular weight excluding hydrogens is 396 g/mol. The summed E-state index contributed by atoms with van der Waals surface area (Å²) in [5, 5.41) is 22.8. The number of rotatable bonds is 7. The van der Waals surface area contributed by atoms with Crippen LogP contribution in [-0.4, -0.2) is 55.8 Å². The molecule has 0 spiro atoms. The molecular formula is C24H34O5Si. The van der Waals surface area contributed by atoms with Gasteiger partial charge in [-0.15, -0.1) is 0 Å². The fourth-order valence-corrected chi connectivity index (χ4v) is 8.97. The highest BCUT2D eigenvalue weighted by Crippen LogP contribution is 2.37. The van der Waals surface area contributed by atoms with E-state index in [9.17, 15) is 10.2 Å². The third-order valence-corrected chi connectivity index (χ3v) is 10.7. The Morgan fingerprint density at radius 1 is 0.967 bits per heavy atom. The summed E-state index contributed by atoms with van der Waals surface area (Å²) in [7, 11) is -2.75. The maximum absolute atomic E-state index is 11.0. The minimum absolute atomic E-state index is 0.0912. The molecule has 164 valence electrons. The maximum atomic E-state index is 11.0. The summed E-state index contributed by atoms with van der Waals surface area (Å²) in [5.74, 6) is -0.851. The fourth-order valence-electron chi connectivity index (χ4n) is 4.40. The number of ether oxygens (including phenoxy) is 2. The molecule has 1 unspecified atom stereocenters. The SMILES string of the molecule is CC1(C)OC(CO)[C@@H]([C@H](O)CO[Si](c2ccccc2)(c2ccccc2)C(C)(C)C)O1. The van der Waals surface area contributed by atoms with Crippen LogP contribution in [0.1, 0.15) is 34.6 Å². The molecule has 3 atom stereocenters.